The lowest BCUT2D eigenvalue weighted by atomic mass is 10.4. The molecular weight excluding hydrogens is 284 g/mol. The standard InChI is InChI=1S/C9H13F2N3O4S/c1-14-3-6(2-7(14)8(12)16)19(17,18)13-4-9(10,11)5-15/h2-3,13,15H,4-5H2,1H3,(H2,12,16). The number of hydrogen-bond donors (Lipinski definition) is 3. The summed E-state index contributed by atoms with van der Waals surface area (Å²) in [7, 11) is -2.82. The number of aryl methyl sites for hydroxylation is 1. The molecule has 10 heteroatoms. The number of alkyl halides is 2. The van der Waals surface area contributed by atoms with Crippen molar-refractivity contribution in [3.8, 4) is 0 Å². The monoisotopic (exact) mass is 297 g/mol. The van der Waals surface area contributed by atoms with Crippen molar-refractivity contribution in [1.29, 1.82) is 0 Å². The molecule has 0 fully saturated rings. The highest BCUT2D eigenvalue weighted by Gasteiger charge is 2.30. The molecule has 0 saturated carbocycles. The normalized spacial score (nSPS) is 12.6. The summed E-state index contributed by atoms with van der Waals surface area (Å²) >= 11 is 0. The fourth-order valence-corrected chi connectivity index (χ4v) is 2.40. The Kier molecular flexibility index (Phi) is 4.28. The summed E-state index contributed by atoms with van der Waals surface area (Å²) in [5, 5.41) is 8.33. The lowest BCUT2D eigenvalue weighted by Gasteiger charge is -2.13. The fraction of sp³-hybridized carbons (Fsp3) is 0.444. The number of halogens is 2. The lowest BCUT2D eigenvalue weighted by molar-refractivity contribution is -0.0437. The van der Waals surface area contributed by atoms with Crippen molar-refractivity contribution in [2.75, 3.05) is 13.2 Å². The van der Waals surface area contributed by atoms with Crippen LogP contribution in [-0.4, -0.2) is 43.1 Å². The number of carbonyl (C=O) groups excluding carboxylic acids is 1. The van der Waals surface area contributed by atoms with E-state index in [4.69, 9.17) is 10.8 Å². The molecule has 1 aromatic heterocycles. The van der Waals surface area contributed by atoms with Crippen molar-refractivity contribution in [2.24, 2.45) is 12.8 Å². The summed E-state index contributed by atoms with van der Waals surface area (Å²) in [5.74, 6) is -4.40. The number of carbonyl (C=O) groups is 1. The van der Waals surface area contributed by atoms with Gasteiger partial charge in [-0.15, -0.1) is 0 Å². The molecule has 0 aromatic carbocycles. The second kappa shape index (κ2) is 5.23. The minimum atomic E-state index is -4.21. The quantitative estimate of drug-likeness (QED) is 0.626. The molecule has 1 rings (SSSR count). The predicted octanol–water partition coefficient (Wildman–Crippen LogP) is -0.970. The summed E-state index contributed by atoms with van der Waals surface area (Å²) in [6.45, 7) is -2.72. The Bertz CT molecular complexity index is 582. The fourth-order valence-electron chi connectivity index (χ4n) is 1.27. The third-order valence-corrected chi connectivity index (χ3v) is 3.66. The van der Waals surface area contributed by atoms with Gasteiger partial charge >= 0.3 is 0 Å². The Labute approximate surface area is 108 Å². The molecule has 0 atom stereocenters. The number of aliphatic hydroxyl groups excluding tert-OH is 1. The highest BCUT2D eigenvalue weighted by molar-refractivity contribution is 7.89. The van der Waals surface area contributed by atoms with Gasteiger partial charge < -0.3 is 15.4 Å². The molecule has 0 aliphatic carbocycles. The van der Waals surface area contributed by atoms with Gasteiger partial charge in [0.15, 0.2) is 0 Å². The van der Waals surface area contributed by atoms with Crippen LogP contribution >= 0.6 is 0 Å². The molecule has 108 valence electrons. The Balaban J connectivity index is 2.96. The van der Waals surface area contributed by atoms with E-state index >= 15 is 0 Å². The SMILES string of the molecule is Cn1cc(S(=O)(=O)NCC(F)(F)CO)cc1C(N)=O. The molecule has 1 amide bonds. The van der Waals surface area contributed by atoms with Gasteiger partial charge in [-0.05, 0) is 6.07 Å². The zero-order chi connectivity index (χ0) is 14.8. The molecule has 0 bridgehead atoms. The van der Waals surface area contributed by atoms with Crippen LogP contribution in [0.5, 0.6) is 0 Å². The Hall–Kier alpha value is -1.52. The number of primary amides is 1. The van der Waals surface area contributed by atoms with Gasteiger partial charge in [-0.3, -0.25) is 4.79 Å². The van der Waals surface area contributed by atoms with E-state index in [1.165, 1.54) is 11.6 Å². The molecule has 1 aromatic rings. The predicted molar refractivity (Wildman–Crippen MR) is 61.2 cm³/mol. The summed E-state index contributed by atoms with van der Waals surface area (Å²) in [5.41, 5.74) is 4.93. The van der Waals surface area contributed by atoms with E-state index in [-0.39, 0.29) is 10.6 Å². The third kappa shape index (κ3) is 3.72. The number of nitrogens with one attached hydrogen (secondary N) is 1. The van der Waals surface area contributed by atoms with Gasteiger partial charge in [0, 0.05) is 13.2 Å². The molecule has 1 heterocycles. The third-order valence-electron chi connectivity index (χ3n) is 2.29. The number of nitrogens with two attached hydrogens (primary N) is 1. The maximum atomic E-state index is 12.8. The Morgan fingerprint density at radius 3 is 2.58 bits per heavy atom. The van der Waals surface area contributed by atoms with Crippen LogP contribution < -0.4 is 10.5 Å². The number of nitrogens with zero attached hydrogens (tertiary/aromatic N) is 1. The Morgan fingerprint density at radius 1 is 1.58 bits per heavy atom. The van der Waals surface area contributed by atoms with Gasteiger partial charge in [-0.2, -0.15) is 0 Å². The highest BCUT2D eigenvalue weighted by atomic mass is 32.2. The maximum absolute atomic E-state index is 12.8. The van der Waals surface area contributed by atoms with E-state index in [1.807, 2.05) is 0 Å². The van der Waals surface area contributed by atoms with Crippen LogP contribution in [0.4, 0.5) is 8.78 Å². The molecule has 4 N–H and O–H groups in total. The van der Waals surface area contributed by atoms with Crippen LogP contribution in [-0.2, 0) is 17.1 Å². The number of hydrogen-bond acceptors (Lipinski definition) is 4. The van der Waals surface area contributed by atoms with Crippen molar-refractivity contribution in [3.63, 3.8) is 0 Å². The van der Waals surface area contributed by atoms with E-state index in [2.05, 4.69) is 0 Å². The molecule has 0 unspecified atom stereocenters. The van der Waals surface area contributed by atoms with Crippen LogP contribution in [0.1, 0.15) is 10.5 Å². The first kappa shape index (κ1) is 15.5. The minimum Gasteiger partial charge on any atom is -0.390 e. The smallest absolute Gasteiger partial charge is 0.283 e. The van der Waals surface area contributed by atoms with Crippen LogP contribution in [0.2, 0.25) is 0 Å². The molecule has 7 nitrogen and oxygen atoms in total. The summed E-state index contributed by atoms with van der Waals surface area (Å²) in [4.78, 5) is 10.6. The van der Waals surface area contributed by atoms with E-state index in [1.54, 1.807) is 4.72 Å². The van der Waals surface area contributed by atoms with Crippen molar-refractivity contribution < 1.29 is 27.1 Å². The van der Waals surface area contributed by atoms with Crippen molar-refractivity contribution in [1.82, 2.24) is 9.29 Å². The second-order valence-electron chi connectivity index (χ2n) is 3.87. The minimum absolute atomic E-state index is 0.0747. The number of aromatic nitrogens is 1. The molecule has 0 aliphatic rings. The lowest BCUT2D eigenvalue weighted by Crippen LogP contribution is -2.38. The molecule has 0 spiro atoms. The zero-order valence-corrected chi connectivity index (χ0v) is 10.7. The van der Waals surface area contributed by atoms with Crippen molar-refractivity contribution in [2.45, 2.75) is 10.8 Å². The number of aliphatic hydroxyl groups is 1. The molecular formula is C9H13F2N3O4S. The maximum Gasteiger partial charge on any atom is 0.283 e. The number of rotatable bonds is 6. The first-order chi connectivity index (χ1) is 8.59. The molecule has 19 heavy (non-hydrogen) atoms. The van der Waals surface area contributed by atoms with Crippen LogP contribution in [0.15, 0.2) is 17.2 Å². The zero-order valence-electron chi connectivity index (χ0n) is 9.93. The van der Waals surface area contributed by atoms with Gasteiger partial charge in [0.25, 0.3) is 11.8 Å². The van der Waals surface area contributed by atoms with E-state index < -0.39 is 35.0 Å². The van der Waals surface area contributed by atoms with Crippen LogP contribution in [0, 0.1) is 0 Å². The van der Waals surface area contributed by atoms with Crippen molar-refractivity contribution in [3.05, 3.63) is 18.0 Å². The van der Waals surface area contributed by atoms with Crippen LogP contribution in [0.3, 0.4) is 0 Å². The van der Waals surface area contributed by atoms with Crippen molar-refractivity contribution >= 4 is 15.9 Å². The highest BCUT2D eigenvalue weighted by Crippen LogP contribution is 2.15. The summed E-state index contributed by atoms with van der Waals surface area (Å²) in [6, 6.07) is 0.974. The first-order valence-electron chi connectivity index (χ1n) is 5.03. The molecule has 0 saturated heterocycles. The van der Waals surface area contributed by atoms with Gasteiger partial charge in [-0.25, -0.2) is 21.9 Å². The van der Waals surface area contributed by atoms with Gasteiger partial charge in [-0.1, -0.05) is 0 Å². The van der Waals surface area contributed by atoms with Gasteiger partial charge in [0.2, 0.25) is 10.0 Å². The van der Waals surface area contributed by atoms with Gasteiger partial charge in [0.1, 0.15) is 17.2 Å². The van der Waals surface area contributed by atoms with Crippen LogP contribution in [0.25, 0.3) is 0 Å². The molecule has 0 radical (unpaired) electrons. The largest absolute Gasteiger partial charge is 0.390 e. The summed E-state index contributed by atoms with van der Waals surface area (Å²) in [6.07, 6.45) is 1.07. The summed E-state index contributed by atoms with van der Waals surface area (Å²) < 4.78 is 51.7. The first-order valence-corrected chi connectivity index (χ1v) is 6.52. The number of sulfonamides is 1. The second-order valence-corrected chi connectivity index (χ2v) is 5.64. The Morgan fingerprint density at radius 2 is 2.16 bits per heavy atom. The molecule has 0 aliphatic heterocycles. The average molecular weight is 297 g/mol. The topological polar surface area (TPSA) is 114 Å². The average Bonchev–Trinajstić information content (AvgIpc) is 2.70. The van der Waals surface area contributed by atoms with Gasteiger partial charge in [0.05, 0.1) is 6.54 Å². The van der Waals surface area contributed by atoms with E-state index in [0.29, 0.717) is 0 Å². The number of amides is 1. The van der Waals surface area contributed by atoms with E-state index in [9.17, 15) is 22.0 Å². The van der Waals surface area contributed by atoms with E-state index in [0.717, 1.165) is 12.3 Å².